The van der Waals surface area contributed by atoms with Gasteiger partial charge in [0.25, 0.3) is 5.91 Å². The number of hydrazine groups is 1. The number of nitrogens with one attached hydrogen (secondary N) is 2. The number of nitrogens with zero attached hydrogens (tertiary/aromatic N) is 2. The molecule has 1 aromatic heterocycles. The van der Waals surface area contributed by atoms with E-state index in [1.165, 1.54) is 23.4 Å². The summed E-state index contributed by atoms with van der Waals surface area (Å²) in [5.74, 6) is -0.423. The highest BCUT2D eigenvalue weighted by Gasteiger charge is 2.19. The number of halogens is 1. The van der Waals surface area contributed by atoms with Crippen molar-refractivity contribution in [2.24, 2.45) is 12.8 Å². The fourth-order valence-corrected chi connectivity index (χ4v) is 1.43. The first-order valence-corrected chi connectivity index (χ1v) is 5.40. The minimum absolute atomic E-state index is 0. The molecule has 0 spiro atoms. The van der Waals surface area contributed by atoms with Gasteiger partial charge in [-0.1, -0.05) is 0 Å². The lowest BCUT2D eigenvalue weighted by Crippen LogP contribution is -3.00. The Balaban J connectivity index is 0.00000361. The number of aromatic nitrogens is 1. The number of primary amides is 1. The van der Waals surface area contributed by atoms with Gasteiger partial charge >= 0.3 is 6.03 Å². The number of hydrogen-bond acceptors (Lipinski definition) is 3. The molecule has 1 heterocycles. The van der Waals surface area contributed by atoms with E-state index in [-0.39, 0.29) is 18.0 Å². The van der Waals surface area contributed by atoms with Crippen molar-refractivity contribution in [1.29, 1.82) is 0 Å². The Morgan fingerprint density at radius 1 is 1.45 bits per heavy atom. The van der Waals surface area contributed by atoms with E-state index in [1.807, 2.05) is 0 Å². The maximum absolute atomic E-state index is 12.0. The van der Waals surface area contributed by atoms with Gasteiger partial charge in [0.15, 0.2) is 5.43 Å². The zero-order valence-corrected chi connectivity index (χ0v) is 12.1. The molecular weight excluding hydrogens is 286 g/mol. The molecule has 0 aliphatic rings. The standard InChI is InChI=1S/C11H15N5O3.ClH/c1-15(2)10(18)9-7(6-13-14-11(12)19)16(3)5-4-8(9)17;/h4-6H,1-3H3,(H3,12,14,19);1H/b13-6+;. The third-order valence-corrected chi connectivity index (χ3v) is 2.36. The highest BCUT2D eigenvalue weighted by molar-refractivity contribution is 6.00. The predicted molar refractivity (Wildman–Crippen MR) is 68.5 cm³/mol. The largest absolute Gasteiger partial charge is 1.00 e. The molecule has 0 atom stereocenters. The van der Waals surface area contributed by atoms with Crippen LogP contribution in [0.2, 0.25) is 0 Å². The average molecular weight is 302 g/mol. The highest BCUT2D eigenvalue weighted by Crippen LogP contribution is 2.02. The van der Waals surface area contributed by atoms with Crippen molar-refractivity contribution in [1.82, 2.24) is 14.9 Å². The molecular formula is C11H16ClN5O3. The molecule has 3 amide bonds. The SMILES string of the molecule is CN(C)C(=O)c1c(/C=[NH+]/NC(N)=O)n(C)ccc1=O.[Cl-]. The van der Waals surface area contributed by atoms with Crippen molar-refractivity contribution in [3.05, 3.63) is 33.7 Å². The van der Waals surface area contributed by atoms with Crippen LogP contribution < -0.4 is 34.1 Å². The lowest BCUT2D eigenvalue weighted by atomic mass is 10.1. The minimum atomic E-state index is -0.780. The van der Waals surface area contributed by atoms with E-state index in [0.717, 1.165) is 0 Å². The number of aryl methyl sites for hydroxylation is 1. The summed E-state index contributed by atoms with van der Waals surface area (Å²) >= 11 is 0. The summed E-state index contributed by atoms with van der Waals surface area (Å²) in [6.07, 6.45) is 2.84. The fraction of sp³-hybridized carbons (Fsp3) is 0.273. The normalized spacial score (nSPS) is 9.95. The van der Waals surface area contributed by atoms with Crippen molar-refractivity contribution < 1.29 is 27.1 Å². The third-order valence-electron chi connectivity index (χ3n) is 2.36. The van der Waals surface area contributed by atoms with Crippen LogP contribution in [0.3, 0.4) is 0 Å². The van der Waals surface area contributed by atoms with Gasteiger partial charge in [-0.25, -0.2) is 4.79 Å². The first-order valence-electron chi connectivity index (χ1n) is 5.40. The van der Waals surface area contributed by atoms with Crippen LogP contribution in [0.5, 0.6) is 0 Å². The number of hydrogen-bond donors (Lipinski definition) is 3. The molecule has 0 aliphatic heterocycles. The van der Waals surface area contributed by atoms with Crippen LogP contribution in [-0.2, 0) is 7.05 Å². The van der Waals surface area contributed by atoms with Gasteiger partial charge < -0.3 is 27.6 Å². The third kappa shape index (κ3) is 4.09. The highest BCUT2D eigenvalue weighted by atomic mass is 35.5. The first-order chi connectivity index (χ1) is 8.84. The number of rotatable bonds is 3. The number of carbonyl (C=O) groups is 2. The second-order valence-electron chi connectivity index (χ2n) is 4.03. The summed E-state index contributed by atoms with van der Waals surface area (Å²) in [5, 5.41) is 2.42. The Morgan fingerprint density at radius 3 is 2.55 bits per heavy atom. The molecule has 4 N–H and O–H groups in total. The second-order valence-corrected chi connectivity index (χ2v) is 4.03. The molecule has 1 aromatic rings. The van der Waals surface area contributed by atoms with Crippen LogP contribution >= 0.6 is 0 Å². The van der Waals surface area contributed by atoms with Crippen LogP contribution in [0, 0.1) is 0 Å². The number of hydrazone groups is 1. The van der Waals surface area contributed by atoms with Crippen LogP contribution in [0.4, 0.5) is 4.79 Å². The van der Waals surface area contributed by atoms with Gasteiger partial charge in [-0.05, 0) is 0 Å². The van der Waals surface area contributed by atoms with E-state index >= 15 is 0 Å². The van der Waals surface area contributed by atoms with E-state index in [4.69, 9.17) is 5.73 Å². The number of pyridine rings is 1. The molecule has 0 aromatic carbocycles. The molecule has 0 radical (unpaired) electrons. The van der Waals surface area contributed by atoms with Crippen LogP contribution in [0.15, 0.2) is 17.1 Å². The summed E-state index contributed by atoms with van der Waals surface area (Å²) < 4.78 is 1.58. The van der Waals surface area contributed by atoms with Gasteiger partial charge in [0, 0.05) is 33.4 Å². The molecule has 0 unspecified atom stereocenters. The van der Waals surface area contributed by atoms with Gasteiger partial charge in [-0.15, -0.1) is 10.5 Å². The summed E-state index contributed by atoms with van der Waals surface area (Å²) in [6, 6.07) is 0.521. The maximum Gasteiger partial charge on any atom is 0.365 e. The summed E-state index contributed by atoms with van der Waals surface area (Å²) in [5.41, 5.74) is 6.97. The van der Waals surface area contributed by atoms with E-state index in [2.05, 4.69) is 10.5 Å². The lowest BCUT2D eigenvalue weighted by Gasteiger charge is -2.12. The number of urea groups is 1. The molecule has 0 aliphatic carbocycles. The Morgan fingerprint density at radius 2 is 2.05 bits per heavy atom. The molecule has 0 bridgehead atoms. The summed E-state index contributed by atoms with van der Waals surface area (Å²) in [7, 11) is 4.77. The number of amides is 3. The smallest absolute Gasteiger partial charge is 0.365 e. The van der Waals surface area contributed by atoms with Gasteiger partial charge in [0.1, 0.15) is 11.3 Å². The topological polar surface area (TPSA) is 111 Å². The summed E-state index contributed by atoms with van der Waals surface area (Å²) in [4.78, 5) is 35.7. The van der Waals surface area contributed by atoms with E-state index < -0.39 is 17.4 Å². The first kappa shape index (κ1) is 17.6. The molecule has 9 heteroatoms. The lowest BCUT2D eigenvalue weighted by molar-refractivity contribution is -0.502. The molecule has 0 saturated carbocycles. The number of nitrogens with two attached hydrogens (primary N) is 1. The van der Waals surface area contributed by atoms with Crippen LogP contribution in [0.1, 0.15) is 16.1 Å². The molecule has 0 fully saturated rings. The van der Waals surface area contributed by atoms with Crippen LogP contribution in [0.25, 0.3) is 0 Å². The second kappa shape index (κ2) is 7.29. The average Bonchev–Trinajstić information content (AvgIpc) is 2.32. The predicted octanol–water partition coefficient (Wildman–Crippen LogP) is -5.83. The molecule has 0 saturated heterocycles. The zero-order valence-electron chi connectivity index (χ0n) is 11.3. The minimum Gasteiger partial charge on any atom is -1.00 e. The van der Waals surface area contributed by atoms with Crippen LogP contribution in [-0.4, -0.2) is 41.7 Å². The van der Waals surface area contributed by atoms with E-state index in [9.17, 15) is 14.4 Å². The Labute approximate surface area is 121 Å². The zero-order chi connectivity index (χ0) is 14.6. The van der Waals surface area contributed by atoms with Gasteiger partial charge in [-0.2, -0.15) is 0 Å². The van der Waals surface area contributed by atoms with Crippen molar-refractivity contribution in [2.75, 3.05) is 14.1 Å². The molecule has 8 nitrogen and oxygen atoms in total. The van der Waals surface area contributed by atoms with Gasteiger partial charge in [-0.3, -0.25) is 9.59 Å². The van der Waals surface area contributed by atoms with Crippen molar-refractivity contribution in [2.45, 2.75) is 0 Å². The quantitative estimate of drug-likeness (QED) is 0.382. The van der Waals surface area contributed by atoms with Gasteiger partial charge in [0.05, 0.1) is 0 Å². The van der Waals surface area contributed by atoms with Crippen molar-refractivity contribution in [3.63, 3.8) is 0 Å². The Bertz CT molecular complexity index is 594. The molecule has 20 heavy (non-hydrogen) atoms. The number of carbonyl (C=O) groups excluding carboxylic acids is 2. The monoisotopic (exact) mass is 301 g/mol. The van der Waals surface area contributed by atoms with Crippen molar-refractivity contribution >= 4 is 18.2 Å². The molecule has 110 valence electrons. The Hall–Kier alpha value is -2.35. The Kier molecular flexibility index (Phi) is 6.43. The van der Waals surface area contributed by atoms with Gasteiger partial charge in [0.2, 0.25) is 6.21 Å². The maximum atomic E-state index is 12.0. The summed E-state index contributed by atoms with van der Waals surface area (Å²) in [6.45, 7) is 0. The van der Waals surface area contributed by atoms with E-state index in [0.29, 0.717) is 5.69 Å². The fourth-order valence-electron chi connectivity index (χ4n) is 1.43. The molecule has 1 rings (SSSR count). The van der Waals surface area contributed by atoms with E-state index in [1.54, 1.807) is 25.7 Å². The van der Waals surface area contributed by atoms with Crippen molar-refractivity contribution in [3.8, 4) is 0 Å².